The number of hydrogen-bond acceptors (Lipinski definition) is 3. The molecule has 1 aromatic rings. The predicted octanol–water partition coefficient (Wildman–Crippen LogP) is 3.00. The van der Waals surface area contributed by atoms with Gasteiger partial charge in [-0.1, -0.05) is 12.2 Å². The summed E-state index contributed by atoms with van der Waals surface area (Å²) in [6.07, 6.45) is 13.1. The summed E-state index contributed by atoms with van der Waals surface area (Å²) < 4.78 is 19.3. The lowest BCUT2D eigenvalue weighted by Crippen LogP contribution is -2.22. The van der Waals surface area contributed by atoms with Crippen LogP contribution in [0.4, 0.5) is 5.69 Å². The monoisotopic (exact) mass is 292 g/mol. The van der Waals surface area contributed by atoms with Gasteiger partial charge in [-0.25, -0.2) is 9.19 Å². The van der Waals surface area contributed by atoms with Gasteiger partial charge in [-0.2, -0.15) is 0 Å². The molecule has 3 rings (SSSR count). The van der Waals surface area contributed by atoms with Crippen molar-refractivity contribution in [1.82, 2.24) is 4.98 Å². The molecule has 1 spiro atoms. The molecule has 1 N–H and O–H groups in total. The number of rotatable bonds is 5. The van der Waals surface area contributed by atoms with E-state index in [2.05, 4.69) is 21.9 Å². The summed E-state index contributed by atoms with van der Waals surface area (Å²) in [5, 5.41) is 0. The number of methoxy groups -OCH3 is 1. The lowest BCUT2D eigenvalue weighted by molar-refractivity contribution is 0.214. The maximum atomic E-state index is 11.2. The maximum absolute atomic E-state index is 11.2. The Kier molecular flexibility index (Phi) is 3.54. The number of allylic oxidation sites excluding steroid dienone is 1. The zero-order chi connectivity index (χ0) is 14.2. The highest BCUT2D eigenvalue weighted by Crippen LogP contribution is 2.63. The van der Waals surface area contributed by atoms with Crippen LogP contribution in [0, 0.1) is 11.3 Å². The number of ether oxygens (including phenoxy) is 1. The Bertz CT molecular complexity index is 559. The molecule has 1 aromatic heterocycles. The highest BCUT2D eigenvalue weighted by atomic mass is 32.2. The Morgan fingerprint density at radius 3 is 2.85 bits per heavy atom. The summed E-state index contributed by atoms with van der Waals surface area (Å²) in [7, 11) is 0.525. The standard InChI is InChI=1S/C15H20N2O2S/c1-19-14-12(7-13(10-16-14)17-20(2)18)4-3-11-8-15(9-11)5-6-15/h3-4,7,10-11,17H,5-6,8-9H2,1-2H3/b4-3+. The molecule has 0 bridgehead atoms. The highest BCUT2D eigenvalue weighted by molar-refractivity contribution is 7.85. The molecular formula is C15H20N2O2S. The van der Waals surface area contributed by atoms with Crippen LogP contribution in [0.1, 0.15) is 31.2 Å². The van der Waals surface area contributed by atoms with Crippen molar-refractivity contribution in [3.8, 4) is 5.88 Å². The first-order valence-electron chi connectivity index (χ1n) is 6.93. The van der Waals surface area contributed by atoms with Crippen LogP contribution in [0.15, 0.2) is 18.3 Å². The molecule has 2 fully saturated rings. The molecule has 0 amide bonds. The number of aromatic nitrogens is 1. The Morgan fingerprint density at radius 2 is 2.25 bits per heavy atom. The van der Waals surface area contributed by atoms with Crippen LogP contribution >= 0.6 is 0 Å². The minimum atomic E-state index is -1.09. The van der Waals surface area contributed by atoms with E-state index in [4.69, 9.17) is 4.74 Å². The minimum Gasteiger partial charge on any atom is -0.481 e. The Labute approximate surface area is 122 Å². The van der Waals surface area contributed by atoms with Gasteiger partial charge >= 0.3 is 0 Å². The minimum absolute atomic E-state index is 0.606. The van der Waals surface area contributed by atoms with E-state index in [1.54, 1.807) is 19.6 Å². The average Bonchev–Trinajstić information content (AvgIpc) is 3.15. The van der Waals surface area contributed by atoms with E-state index in [9.17, 15) is 4.21 Å². The molecule has 4 nitrogen and oxygen atoms in total. The van der Waals surface area contributed by atoms with Gasteiger partial charge in [-0.3, -0.25) is 0 Å². The van der Waals surface area contributed by atoms with E-state index in [-0.39, 0.29) is 0 Å². The Balaban J connectivity index is 1.72. The van der Waals surface area contributed by atoms with E-state index in [1.165, 1.54) is 25.7 Å². The summed E-state index contributed by atoms with van der Waals surface area (Å²) in [6, 6.07) is 1.93. The van der Waals surface area contributed by atoms with Gasteiger partial charge in [-0.15, -0.1) is 0 Å². The van der Waals surface area contributed by atoms with Gasteiger partial charge in [0.25, 0.3) is 0 Å². The van der Waals surface area contributed by atoms with Gasteiger partial charge in [0, 0.05) is 11.8 Å². The van der Waals surface area contributed by atoms with E-state index in [1.807, 2.05) is 6.07 Å². The second kappa shape index (κ2) is 5.20. The summed E-state index contributed by atoms with van der Waals surface area (Å²) in [6.45, 7) is 0. The molecule has 20 heavy (non-hydrogen) atoms. The van der Waals surface area contributed by atoms with Crippen molar-refractivity contribution in [2.45, 2.75) is 25.7 Å². The van der Waals surface area contributed by atoms with Crippen molar-refractivity contribution in [2.24, 2.45) is 11.3 Å². The van der Waals surface area contributed by atoms with Crippen LogP contribution in [-0.2, 0) is 11.0 Å². The number of nitrogens with one attached hydrogen (secondary N) is 1. The quantitative estimate of drug-likeness (QED) is 0.907. The molecular weight excluding hydrogens is 272 g/mol. The first-order valence-corrected chi connectivity index (χ1v) is 8.48. The first-order chi connectivity index (χ1) is 9.60. The second-order valence-electron chi connectivity index (χ2n) is 5.91. The van der Waals surface area contributed by atoms with Crippen molar-refractivity contribution in [3.05, 3.63) is 23.9 Å². The van der Waals surface area contributed by atoms with Gasteiger partial charge in [0.05, 0.1) is 19.0 Å². The molecule has 2 aliphatic carbocycles. The second-order valence-corrected chi connectivity index (χ2v) is 7.02. The SMILES string of the molecule is COc1ncc(NS(C)=O)cc1/C=C/C1CC2(CC2)C1. The third kappa shape index (κ3) is 2.87. The normalized spacial score (nSPS) is 21.7. The van der Waals surface area contributed by atoms with Crippen LogP contribution in [0.3, 0.4) is 0 Å². The highest BCUT2D eigenvalue weighted by Gasteiger charge is 2.51. The summed E-state index contributed by atoms with van der Waals surface area (Å²) >= 11 is 0. The molecule has 5 heteroatoms. The van der Waals surface area contributed by atoms with Gasteiger partial charge in [0.1, 0.15) is 11.0 Å². The number of nitrogens with zero attached hydrogens (tertiary/aromatic N) is 1. The van der Waals surface area contributed by atoms with Crippen LogP contribution in [-0.4, -0.2) is 22.6 Å². The molecule has 1 unspecified atom stereocenters. The lowest BCUT2D eigenvalue weighted by Gasteiger charge is -2.33. The van der Waals surface area contributed by atoms with E-state index in [0.29, 0.717) is 11.8 Å². The molecule has 2 aliphatic rings. The number of anilines is 1. The summed E-state index contributed by atoms with van der Waals surface area (Å²) in [5.74, 6) is 1.30. The van der Waals surface area contributed by atoms with E-state index in [0.717, 1.165) is 16.7 Å². The molecule has 0 aliphatic heterocycles. The fraction of sp³-hybridized carbons (Fsp3) is 0.533. The zero-order valence-corrected chi connectivity index (χ0v) is 12.7. The lowest BCUT2D eigenvalue weighted by atomic mass is 9.72. The van der Waals surface area contributed by atoms with Gasteiger partial charge in [-0.05, 0) is 43.1 Å². The van der Waals surface area contributed by atoms with Crippen molar-refractivity contribution < 1.29 is 8.95 Å². The molecule has 108 valence electrons. The molecule has 0 aromatic carbocycles. The zero-order valence-electron chi connectivity index (χ0n) is 11.9. The first kappa shape index (κ1) is 13.6. The topological polar surface area (TPSA) is 51.2 Å². The molecule has 1 atom stereocenters. The Morgan fingerprint density at radius 1 is 1.50 bits per heavy atom. The van der Waals surface area contributed by atoms with Crippen molar-refractivity contribution in [3.63, 3.8) is 0 Å². The molecule has 0 saturated heterocycles. The van der Waals surface area contributed by atoms with Gasteiger partial charge < -0.3 is 9.46 Å². The fourth-order valence-corrected chi connectivity index (χ4v) is 3.44. The largest absolute Gasteiger partial charge is 0.481 e. The summed E-state index contributed by atoms with van der Waals surface area (Å²) in [4.78, 5) is 4.24. The van der Waals surface area contributed by atoms with Crippen LogP contribution in [0.25, 0.3) is 6.08 Å². The van der Waals surface area contributed by atoms with Gasteiger partial charge in [0.15, 0.2) is 0 Å². The third-order valence-electron chi connectivity index (χ3n) is 4.23. The molecule has 1 heterocycles. The fourth-order valence-electron chi connectivity index (χ4n) is 2.99. The van der Waals surface area contributed by atoms with Crippen LogP contribution in [0.5, 0.6) is 5.88 Å². The van der Waals surface area contributed by atoms with Crippen LogP contribution < -0.4 is 9.46 Å². The molecule has 0 radical (unpaired) electrons. The Hall–Kier alpha value is -1.36. The van der Waals surface area contributed by atoms with Crippen molar-refractivity contribution in [1.29, 1.82) is 0 Å². The number of hydrogen-bond donors (Lipinski definition) is 1. The average molecular weight is 292 g/mol. The van der Waals surface area contributed by atoms with Crippen molar-refractivity contribution in [2.75, 3.05) is 18.1 Å². The van der Waals surface area contributed by atoms with Gasteiger partial charge in [0.2, 0.25) is 5.88 Å². The molecule has 2 saturated carbocycles. The predicted molar refractivity (Wildman–Crippen MR) is 81.9 cm³/mol. The maximum Gasteiger partial charge on any atom is 0.220 e. The number of pyridine rings is 1. The van der Waals surface area contributed by atoms with Crippen LogP contribution in [0.2, 0.25) is 0 Å². The van der Waals surface area contributed by atoms with E-state index >= 15 is 0 Å². The van der Waals surface area contributed by atoms with E-state index < -0.39 is 11.0 Å². The van der Waals surface area contributed by atoms with Crippen molar-refractivity contribution >= 4 is 22.7 Å². The third-order valence-corrected chi connectivity index (χ3v) is 4.75. The smallest absolute Gasteiger partial charge is 0.220 e. The summed E-state index contributed by atoms with van der Waals surface area (Å²) in [5.41, 5.74) is 2.40.